The van der Waals surface area contributed by atoms with Crippen molar-refractivity contribution in [2.24, 2.45) is 5.92 Å². The minimum absolute atomic E-state index is 0.352. The molecule has 0 saturated carbocycles. The molecular formula is C52H34S. The second-order valence-electron chi connectivity index (χ2n) is 15.1. The molecule has 0 bridgehead atoms. The van der Waals surface area contributed by atoms with Crippen LogP contribution in [0.4, 0.5) is 0 Å². The van der Waals surface area contributed by atoms with E-state index in [9.17, 15) is 0 Å². The van der Waals surface area contributed by atoms with Gasteiger partial charge in [0.2, 0.25) is 0 Å². The Morgan fingerprint density at radius 1 is 0.491 bits per heavy atom. The highest BCUT2D eigenvalue weighted by atomic mass is 32.2. The molecule has 2 unspecified atom stereocenters. The largest absolute Gasteiger partial charge is 0.0888 e. The first-order valence-corrected chi connectivity index (χ1v) is 19.6. The molecule has 12 rings (SSSR count). The van der Waals surface area contributed by atoms with Crippen LogP contribution in [0.15, 0.2) is 185 Å². The van der Waals surface area contributed by atoms with Gasteiger partial charge in [-0.15, -0.1) is 0 Å². The second kappa shape index (κ2) is 10.8. The zero-order valence-corrected chi connectivity index (χ0v) is 30.2. The molecule has 0 nitrogen and oxygen atoms in total. The van der Waals surface area contributed by atoms with Gasteiger partial charge in [-0.05, 0) is 119 Å². The van der Waals surface area contributed by atoms with Crippen LogP contribution in [-0.4, -0.2) is 0 Å². The SMILES string of the molecule is CC1CC=CC2=C1C1(c3ccccc3-c3cccc4cccc1c34)c1cccc(-c3ccc(-c4ccc5c6c(cccc46)-c4ccccc4S5)cc3)c12. The van der Waals surface area contributed by atoms with E-state index in [0.29, 0.717) is 5.92 Å². The van der Waals surface area contributed by atoms with E-state index in [2.05, 4.69) is 177 Å². The third-order valence-corrected chi connectivity index (χ3v) is 13.7. The highest BCUT2D eigenvalue weighted by Crippen LogP contribution is 2.64. The molecule has 0 amide bonds. The van der Waals surface area contributed by atoms with Crippen LogP contribution in [-0.2, 0) is 5.41 Å². The topological polar surface area (TPSA) is 0 Å². The van der Waals surface area contributed by atoms with Crippen LogP contribution >= 0.6 is 11.8 Å². The number of hydrogen-bond acceptors (Lipinski definition) is 1. The standard InChI is InChI=1S/C52H34S/c1-31-11-6-20-42-49-36(33-27-25-32(26-28-33)35-29-30-47-50-39(35)18-9-19-41(50)38-15-3-5-24-46(38)53-47)16-10-23-45(49)52(51(31)42)43-21-4-2-14-37(43)40-17-7-12-34-13-8-22-44(52)48(34)40/h2-10,12-31H,11H2,1H3. The normalized spacial score (nSPS) is 18.6. The van der Waals surface area contributed by atoms with Gasteiger partial charge in [-0.25, -0.2) is 0 Å². The average Bonchev–Trinajstić information content (AvgIpc) is 3.52. The summed E-state index contributed by atoms with van der Waals surface area (Å²) < 4.78 is 0. The fraction of sp³-hybridized carbons (Fsp3) is 0.0769. The van der Waals surface area contributed by atoms with Gasteiger partial charge in [0.05, 0.1) is 5.41 Å². The Morgan fingerprint density at radius 2 is 1.13 bits per heavy atom. The van der Waals surface area contributed by atoms with Crippen molar-refractivity contribution in [3.8, 4) is 44.5 Å². The molecule has 0 aromatic heterocycles. The lowest BCUT2D eigenvalue weighted by atomic mass is 9.58. The van der Waals surface area contributed by atoms with E-state index in [1.165, 1.54) is 104 Å². The Labute approximate surface area is 314 Å². The molecule has 0 N–H and O–H groups in total. The third kappa shape index (κ3) is 3.83. The fourth-order valence-electron chi connectivity index (χ4n) is 10.5. The van der Waals surface area contributed by atoms with Crippen LogP contribution in [0.2, 0.25) is 0 Å². The highest BCUT2D eigenvalue weighted by Gasteiger charge is 2.53. The molecule has 248 valence electrons. The van der Waals surface area contributed by atoms with Crippen molar-refractivity contribution in [3.05, 3.63) is 198 Å². The van der Waals surface area contributed by atoms with E-state index in [4.69, 9.17) is 0 Å². The summed E-state index contributed by atoms with van der Waals surface area (Å²) in [4.78, 5) is 2.67. The number of rotatable bonds is 2. The van der Waals surface area contributed by atoms with Gasteiger partial charge < -0.3 is 0 Å². The van der Waals surface area contributed by atoms with Crippen LogP contribution in [0.1, 0.15) is 35.6 Å². The van der Waals surface area contributed by atoms with E-state index < -0.39 is 0 Å². The zero-order valence-electron chi connectivity index (χ0n) is 29.4. The lowest BCUT2D eigenvalue weighted by Gasteiger charge is -2.43. The van der Waals surface area contributed by atoms with Crippen molar-refractivity contribution in [2.45, 2.75) is 28.6 Å². The van der Waals surface area contributed by atoms with E-state index in [1.54, 1.807) is 5.57 Å². The first-order valence-electron chi connectivity index (χ1n) is 18.8. The van der Waals surface area contributed by atoms with Gasteiger partial charge in [0.25, 0.3) is 0 Å². The van der Waals surface area contributed by atoms with E-state index in [0.717, 1.165) is 6.42 Å². The predicted molar refractivity (Wildman–Crippen MR) is 223 cm³/mol. The minimum Gasteiger partial charge on any atom is -0.0888 e. The molecule has 8 aromatic carbocycles. The maximum absolute atomic E-state index is 2.45. The quantitative estimate of drug-likeness (QED) is 0.174. The minimum atomic E-state index is -0.352. The van der Waals surface area contributed by atoms with Crippen LogP contribution < -0.4 is 0 Å². The van der Waals surface area contributed by atoms with Crippen molar-refractivity contribution in [2.75, 3.05) is 0 Å². The number of fused-ring (bicyclic) bond motifs is 10. The summed E-state index contributed by atoms with van der Waals surface area (Å²) in [6.07, 6.45) is 5.90. The van der Waals surface area contributed by atoms with Crippen molar-refractivity contribution in [1.82, 2.24) is 0 Å². The smallest absolute Gasteiger partial charge is 0.0691 e. The van der Waals surface area contributed by atoms with Crippen LogP contribution in [0.3, 0.4) is 0 Å². The van der Waals surface area contributed by atoms with Gasteiger partial charge in [0.15, 0.2) is 0 Å². The van der Waals surface area contributed by atoms with Crippen molar-refractivity contribution >= 4 is 38.9 Å². The average molecular weight is 691 g/mol. The highest BCUT2D eigenvalue weighted by molar-refractivity contribution is 7.99. The summed E-state index contributed by atoms with van der Waals surface area (Å²) >= 11 is 1.89. The molecule has 1 heterocycles. The van der Waals surface area contributed by atoms with E-state index >= 15 is 0 Å². The van der Waals surface area contributed by atoms with Crippen LogP contribution in [0.5, 0.6) is 0 Å². The monoisotopic (exact) mass is 690 g/mol. The summed E-state index contributed by atoms with van der Waals surface area (Å²) in [5.41, 5.74) is 18.7. The molecule has 4 aliphatic rings. The lowest BCUT2D eigenvalue weighted by Crippen LogP contribution is -2.35. The molecule has 0 radical (unpaired) electrons. The first-order chi connectivity index (χ1) is 26.2. The maximum atomic E-state index is 2.45. The Bertz CT molecular complexity index is 2950. The Kier molecular flexibility index (Phi) is 6.06. The van der Waals surface area contributed by atoms with Crippen molar-refractivity contribution < 1.29 is 0 Å². The zero-order chi connectivity index (χ0) is 34.8. The molecule has 1 spiro atoms. The lowest BCUT2D eigenvalue weighted by molar-refractivity contribution is 0.585. The van der Waals surface area contributed by atoms with Gasteiger partial charge in [-0.3, -0.25) is 0 Å². The van der Waals surface area contributed by atoms with Gasteiger partial charge in [0, 0.05) is 15.2 Å². The predicted octanol–water partition coefficient (Wildman–Crippen LogP) is 14.1. The number of hydrogen-bond donors (Lipinski definition) is 0. The molecule has 8 aromatic rings. The second-order valence-corrected chi connectivity index (χ2v) is 16.2. The fourth-order valence-corrected chi connectivity index (χ4v) is 11.6. The molecule has 2 atom stereocenters. The first kappa shape index (κ1) is 29.7. The van der Waals surface area contributed by atoms with Crippen LogP contribution in [0.25, 0.3) is 71.6 Å². The summed E-state index contributed by atoms with van der Waals surface area (Å²) in [6.45, 7) is 2.45. The third-order valence-electron chi connectivity index (χ3n) is 12.5. The van der Waals surface area contributed by atoms with Gasteiger partial charge in [-0.2, -0.15) is 0 Å². The van der Waals surface area contributed by atoms with Crippen LogP contribution in [0, 0.1) is 5.92 Å². The summed E-state index contributed by atoms with van der Waals surface area (Å²) in [5, 5.41) is 5.40. The van der Waals surface area contributed by atoms with Crippen molar-refractivity contribution in [3.63, 3.8) is 0 Å². The van der Waals surface area contributed by atoms with Gasteiger partial charge in [-0.1, -0.05) is 176 Å². The molecule has 53 heavy (non-hydrogen) atoms. The summed E-state index contributed by atoms with van der Waals surface area (Å²) in [6, 6.07) is 59.8. The molecule has 3 aliphatic carbocycles. The van der Waals surface area contributed by atoms with E-state index in [1.807, 2.05) is 11.8 Å². The van der Waals surface area contributed by atoms with Crippen molar-refractivity contribution in [1.29, 1.82) is 0 Å². The Balaban J connectivity index is 1.06. The number of benzene rings is 8. The maximum Gasteiger partial charge on any atom is 0.0691 e. The summed E-state index contributed by atoms with van der Waals surface area (Å²) in [5.74, 6) is 0.407. The Hall–Kier alpha value is -5.89. The van der Waals surface area contributed by atoms with E-state index in [-0.39, 0.29) is 5.41 Å². The van der Waals surface area contributed by atoms with Gasteiger partial charge in [0.1, 0.15) is 0 Å². The Morgan fingerprint density at radius 3 is 2.00 bits per heavy atom. The molecule has 0 saturated heterocycles. The molecule has 1 heteroatoms. The molecule has 0 fully saturated rings. The molecule has 1 aliphatic heterocycles. The number of allylic oxidation sites excluding steroid dienone is 4. The van der Waals surface area contributed by atoms with Gasteiger partial charge >= 0.3 is 0 Å². The summed E-state index contributed by atoms with van der Waals surface area (Å²) in [7, 11) is 0. The molecular weight excluding hydrogens is 657 g/mol.